The van der Waals surface area contributed by atoms with Crippen molar-refractivity contribution in [3.05, 3.63) is 40.9 Å². The molecule has 2 aliphatic rings. The number of piperidine rings is 2. The maximum atomic E-state index is 12.5. The molecule has 30 heavy (non-hydrogen) atoms. The van der Waals surface area contributed by atoms with Crippen molar-refractivity contribution in [2.75, 3.05) is 38.1 Å². The number of rotatable bonds is 3. The van der Waals surface area contributed by atoms with Crippen LogP contribution in [0, 0.1) is 17.3 Å². The van der Waals surface area contributed by atoms with E-state index in [1.54, 1.807) is 6.20 Å². The summed E-state index contributed by atoms with van der Waals surface area (Å²) >= 11 is 6.19. The fourth-order valence-corrected chi connectivity index (χ4v) is 4.55. The van der Waals surface area contributed by atoms with Crippen LogP contribution in [0.3, 0.4) is 0 Å². The summed E-state index contributed by atoms with van der Waals surface area (Å²) in [4.78, 5) is 8.96. The Kier molecular flexibility index (Phi) is 6.26. The van der Waals surface area contributed by atoms with Crippen LogP contribution < -0.4 is 4.90 Å². The molecule has 0 atom stereocenters. The van der Waals surface area contributed by atoms with E-state index >= 15 is 0 Å². The summed E-state index contributed by atoms with van der Waals surface area (Å²) < 4.78 is 26.2. The average Bonchev–Trinajstić information content (AvgIpc) is 3.17. The monoisotopic (exact) mass is 433 g/mol. The number of hydrogen-bond acceptors (Lipinski definition) is 4. The van der Waals surface area contributed by atoms with Gasteiger partial charge in [0.1, 0.15) is 11.7 Å². The standard InChI is InChI=1S/C22H26ClF2N5/c1-28-8-4-22(5-9-28)6-10-29(11-7-22)19-12-20(23)26-14-18(19)3-2-17-13-27-30(15-17)16-21(24)25/h12-15,21H,4-11,16H2,1H3. The summed E-state index contributed by atoms with van der Waals surface area (Å²) in [6.07, 6.45) is 7.17. The van der Waals surface area contributed by atoms with Gasteiger partial charge in [0.05, 0.1) is 23.0 Å². The molecule has 0 aromatic carbocycles. The highest BCUT2D eigenvalue weighted by atomic mass is 35.5. The molecule has 160 valence electrons. The molecule has 8 heteroatoms. The molecule has 2 aromatic heterocycles. The van der Waals surface area contributed by atoms with Gasteiger partial charge in [0, 0.05) is 31.5 Å². The second-order valence-corrected chi connectivity index (χ2v) is 8.79. The third kappa shape index (κ3) is 4.93. The van der Waals surface area contributed by atoms with Gasteiger partial charge in [0.15, 0.2) is 0 Å². The summed E-state index contributed by atoms with van der Waals surface area (Å²) in [5.41, 5.74) is 2.84. The van der Waals surface area contributed by atoms with E-state index in [2.05, 4.69) is 38.8 Å². The maximum absolute atomic E-state index is 12.5. The molecule has 2 fully saturated rings. The van der Waals surface area contributed by atoms with Gasteiger partial charge in [0.2, 0.25) is 0 Å². The smallest absolute Gasteiger partial charge is 0.257 e. The Labute approximate surface area is 181 Å². The number of aromatic nitrogens is 3. The zero-order valence-electron chi connectivity index (χ0n) is 17.1. The summed E-state index contributed by atoms with van der Waals surface area (Å²) in [5, 5.41) is 4.38. The van der Waals surface area contributed by atoms with E-state index in [4.69, 9.17) is 11.6 Å². The molecule has 0 N–H and O–H groups in total. The van der Waals surface area contributed by atoms with Crippen molar-refractivity contribution in [2.24, 2.45) is 5.41 Å². The number of hydrogen-bond donors (Lipinski definition) is 0. The molecule has 0 amide bonds. The van der Waals surface area contributed by atoms with Crippen molar-refractivity contribution >= 4 is 17.3 Å². The lowest BCUT2D eigenvalue weighted by Crippen LogP contribution is -2.46. The Balaban J connectivity index is 1.49. The third-order valence-corrected chi connectivity index (χ3v) is 6.57. The average molecular weight is 434 g/mol. The highest BCUT2D eigenvalue weighted by Crippen LogP contribution is 2.42. The number of anilines is 1. The van der Waals surface area contributed by atoms with Gasteiger partial charge < -0.3 is 9.80 Å². The Morgan fingerprint density at radius 1 is 1.10 bits per heavy atom. The van der Waals surface area contributed by atoms with Crippen molar-refractivity contribution in [1.82, 2.24) is 19.7 Å². The minimum atomic E-state index is -2.44. The summed E-state index contributed by atoms with van der Waals surface area (Å²) in [6.45, 7) is 3.88. The molecule has 5 nitrogen and oxygen atoms in total. The zero-order chi connectivity index (χ0) is 21.1. The van der Waals surface area contributed by atoms with E-state index in [1.807, 2.05) is 6.07 Å². The van der Waals surface area contributed by atoms with Gasteiger partial charge in [-0.1, -0.05) is 23.4 Å². The van der Waals surface area contributed by atoms with E-state index in [0.29, 0.717) is 16.1 Å². The summed E-state index contributed by atoms with van der Waals surface area (Å²) in [6, 6.07) is 1.87. The molecule has 2 saturated heterocycles. The van der Waals surface area contributed by atoms with Gasteiger partial charge in [0.25, 0.3) is 6.43 Å². The van der Waals surface area contributed by atoms with Crippen molar-refractivity contribution in [3.8, 4) is 11.8 Å². The molecule has 0 unspecified atom stereocenters. The first kappa shape index (κ1) is 21.1. The topological polar surface area (TPSA) is 37.2 Å². The Hall–Kier alpha value is -2.17. The maximum Gasteiger partial charge on any atom is 0.257 e. The van der Waals surface area contributed by atoms with Gasteiger partial charge in [-0.3, -0.25) is 4.68 Å². The lowest BCUT2D eigenvalue weighted by molar-refractivity contribution is 0.0945. The first-order valence-electron chi connectivity index (χ1n) is 10.3. The Morgan fingerprint density at radius 3 is 2.50 bits per heavy atom. The molecule has 4 rings (SSSR count). The zero-order valence-corrected chi connectivity index (χ0v) is 17.9. The van der Waals surface area contributed by atoms with Crippen LogP contribution in [0.2, 0.25) is 5.15 Å². The van der Waals surface area contributed by atoms with Gasteiger partial charge in [-0.25, -0.2) is 13.8 Å². The molecule has 0 radical (unpaired) electrons. The van der Waals surface area contributed by atoms with Crippen LogP contribution in [-0.2, 0) is 6.54 Å². The number of pyridine rings is 1. The van der Waals surface area contributed by atoms with Crippen molar-refractivity contribution in [3.63, 3.8) is 0 Å². The second kappa shape index (κ2) is 8.91. The van der Waals surface area contributed by atoms with Crippen LogP contribution in [0.25, 0.3) is 0 Å². The molecular weight excluding hydrogens is 408 g/mol. The first-order chi connectivity index (χ1) is 14.4. The van der Waals surface area contributed by atoms with Crippen LogP contribution in [0.1, 0.15) is 36.8 Å². The van der Waals surface area contributed by atoms with Crippen molar-refractivity contribution < 1.29 is 8.78 Å². The SMILES string of the molecule is CN1CCC2(CC1)CCN(c1cc(Cl)ncc1C#Cc1cnn(CC(F)F)c1)CC2. The van der Waals surface area contributed by atoms with Crippen LogP contribution in [0.4, 0.5) is 14.5 Å². The second-order valence-electron chi connectivity index (χ2n) is 8.41. The van der Waals surface area contributed by atoms with Crippen LogP contribution in [0.15, 0.2) is 24.7 Å². The van der Waals surface area contributed by atoms with Crippen molar-refractivity contribution in [1.29, 1.82) is 0 Å². The van der Waals surface area contributed by atoms with Crippen LogP contribution in [0.5, 0.6) is 0 Å². The predicted octanol–water partition coefficient (Wildman–Crippen LogP) is 3.91. The summed E-state index contributed by atoms with van der Waals surface area (Å²) in [7, 11) is 2.20. The van der Waals surface area contributed by atoms with E-state index in [0.717, 1.165) is 24.3 Å². The van der Waals surface area contributed by atoms with Gasteiger partial charge in [-0.2, -0.15) is 5.10 Å². The van der Waals surface area contributed by atoms with E-state index in [9.17, 15) is 8.78 Å². The van der Waals surface area contributed by atoms with E-state index < -0.39 is 13.0 Å². The largest absolute Gasteiger partial charge is 0.370 e. The molecule has 0 bridgehead atoms. The van der Waals surface area contributed by atoms with Gasteiger partial charge in [-0.15, -0.1) is 0 Å². The minimum Gasteiger partial charge on any atom is -0.370 e. The molecule has 4 heterocycles. The molecule has 0 aliphatic carbocycles. The third-order valence-electron chi connectivity index (χ3n) is 6.36. The van der Waals surface area contributed by atoms with Crippen molar-refractivity contribution in [2.45, 2.75) is 38.7 Å². The predicted molar refractivity (Wildman–Crippen MR) is 114 cm³/mol. The van der Waals surface area contributed by atoms with Gasteiger partial charge in [-0.05, 0) is 51.2 Å². The normalized spacial score (nSPS) is 19.2. The molecule has 0 saturated carbocycles. The van der Waals surface area contributed by atoms with Crippen LogP contribution >= 0.6 is 11.6 Å². The summed E-state index contributed by atoms with van der Waals surface area (Å²) in [5.74, 6) is 6.16. The molecular formula is C22H26ClF2N5. The minimum absolute atomic E-state index is 0.430. The number of nitrogens with zero attached hydrogens (tertiary/aromatic N) is 5. The number of likely N-dealkylation sites (tertiary alicyclic amines) is 1. The fraction of sp³-hybridized carbons (Fsp3) is 0.545. The first-order valence-corrected chi connectivity index (χ1v) is 10.7. The fourth-order valence-electron chi connectivity index (χ4n) is 4.40. The molecule has 1 spiro atoms. The number of halogens is 3. The van der Waals surface area contributed by atoms with Gasteiger partial charge >= 0.3 is 0 Å². The highest BCUT2D eigenvalue weighted by molar-refractivity contribution is 6.29. The highest BCUT2D eigenvalue weighted by Gasteiger charge is 2.37. The molecule has 2 aromatic rings. The van der Waals surface area contributed by atoms with E-state index in [-0.39, 0.29) is 0 Å². The Bertz CT molecular complexity index is 930. The van der Waals surface area contributed by atoms with E-state index in [1.165, 1.54) is 55.8 Å². The molecule has 2 aliphatic heterocycles. The lowest BCUT2D eigenvalue weighted by Gasteiger charge is -2.47. The van der Waals surface area contributed by atoms with Crippen LogP contribution in [-0.4, -0.2) is 59.3 Å². The lowest BCUT2D eigenvalue weighted by atomic mass is 9.71. The number of alkyl halides is 2. The quantitative estimate of drug-likeness (QED) is 0.543. The Morgan fingerprint density at radius 2 is 1.80 bits per heavy atom.